The van der Waals surface area contributed by atoms with Crippen LogP contribution in [0.4, 0.5) is 0 Å². The van der Waals surface area contributed by atoms with E-state index in [0.717, 1.165) is 5.56 Å². The van der Waals surface area contributed by atoms with E-state index in [0.29, 0.717) is 6.54 Å². The fourth-order valence-corrected chi connectivity index (χ4v) is 1.02. The SMILES string of the molecule is CC(C=Cc1ccccc1)CN=O. The molecule has 13 heavy (non-hydrogen) atoms. The lowest BCUT2D eigenvalue weighted by atomic mass is 10.1. The van der Waals surface area contributed by atoms with Gasteiger partial charge in [0.15, 0.2) is 0 Å². The van der Waals surface area contributed by atoms with Crippen molar-refractivity contribution in [1.82, 2.24) is 0 Å². The molecule has 1 atom stereocenters. The van der Waals surface area contributed by atoms with Crippen molar-refractivity contribution in [3.05, 3.63) is 46.9 Å². The van der Waals surface area contributed by atoms with E-state index in [1.54, 1.807) is 0 Å². The van der Waals surface area contributed by atoms with Gasteiger partial charge in [0.25, 0.3) is 0 Å². The fourth-order valence-electron chi connectivity index (χ4n) is 1.02. The topological polar surface area (TPSA) is 29.4 Å². The highest BCUT2D eigenvalue weighted by molar-refractivity contribution is 5.48. The summed E-state index contributed by atoms with van der Waals surface area (Å²) < 4.78 is 0. The summed E-state index contributed by atoms with van der Waals surface area (Å²) >= 11 is 0. The first-order valence-corrected chi connectivity index (χ1v) is 4.35. The van der Waals surface area contributed by atoms with E-state index >= 15 is 0 Å². The molecule has 1 aromatic carbocycles. The van der Waals surface area contributed by atoms with Crippen LogP contribution in [0.2, 0.25) is 0 Å². The van der Waals surface area contributed by atoms with Crippen LogP contribution < -0.4 is 0 Å². The second-order valence-electron chi connectivity index (χ2n) is 3.06. The van der Waals surface area contributed by atoms with Crippen molar-refractivity contribution in [2.45, 2.75) is 6.92 Å². The van der Waals surface area contributed by atoms with E-state index in [-0.39, 0.29) is 5.92 Å². The minimum Gasteiger partial charge on any atom is -0.151 e. The highest BCUT2D eigenvalue weighted by atomic mass is 16.3. The van der Waals surface area contributed by atoms with Crippen molar-refractivity contribution in [1.29, 1.82) is 0 Å². The Bertz CT molecular complexity index is 279. The third kappa shape index (κ3) is 3.65. The van der Waals surface area contributed by atoms with Gasteiger partial charge in [-0.3, -0.25) is 0 Å². The van der Waals surface area contributed by atoms with E-state index in [4.69, 9.17) is 0 Å². The van der Waals surface area contributed by atoms with Crippen molar-refractivity contribution < 1.29 is 0 Å². The first kappa shape index (κ1) is 9.65. The molecule has 0 aliphatic rings. The molecule has 0 fully saturated rings. The Hall–Kier alpha value is -1.44. The van der Waals surface area contributed by atoms with Gasteiger partial charge in [0.2, 0.25) is 0 Å². The largest absolute Gasteiger partial charge is 0.151 e. The van der Waals surface area contributed by atoms with Crippen LogP contribution >= 0.6 is 0 Å². The number of hydrogen-bond donors (Lipinski definition) is 0. The van der Waals surface area contributed by atoms with Gasteiger partial charge in [-0.2, -0.15) is 4.91 Å². The summed E-state index contributed by atoms with van der Waals surface area (Å²) in [6.45, 7) is 2.32. The van der Waals surface area contributed by atoms with Crippen LogP contribution in [-0.2, 0) is 0 Å². The van der Waals surface area contributed by atoms with Gasteiger partial charge in [0.05, 0.1) is 6.54 Å². The molecule has 0 heterocycles. The average molecular weight is 175 g/mol. The monoisotopic (exact) mass is 175 g/mol. The minimum absolute atomic E-state index is 0.220. The van der Waals surface area contributed by atoms with Gasteiger partial charge >= 0.3 is 0 Å². The molecule has 0 bridgehead atoms. The number of hydrogen-bond acceptors (Lipinski definition) is 2. The summed E-state index contributed by atoms with van der Waals surface area (Å²) in [5, 5.41) is 2.85. The van der Waals surface area contributed by atoms with E-state index in [9.17, 15) is 4.91 Å². The van der Waals surface area contributed by atoms with Gasteiger partial charge < -0.3 is 0 Å². The molecule has 1 unspecified atom stereocenters. The zero-order valence-electron chi connectivity index (χ0n) is 7.68. The van der Waals surface area contributed by atoms with Gasteiger partial charge in [-0.1, -0.05) is 54.6 Å². The van der Waals surface area contributed by atoms with Gasteiger partial charge in [-0.05, 0) is 11.5 Å². The number of nitroso groups, excluding NO2 is 1. The minimum atomic E-state index is 0.220. The molecule has 0 spiro atoms. The summed E-state index contributed by atoms with van der Waals surface area (Å²) in [6, 6.07) is 10.0. The summed E-state index contributed by atoms with van der Waals surface area (Å²) in [5.41, 5.74) is 1.15. The third-order valence-electron chi connectivity index (χ3n) is 1.78. The maximum Gasteiger partial charge on any atom is 0.0871 e. The van der Waals surface area contributed by atoms with Crippen LogP contribution in [0, 0.1) is 10.8 Å². The van der Waals surface area contributed by atoms with E-state index in [1.807, 2.05) is 49.4 Å². The summed E-state index contributed by atoms with van der Waals surface area (Å²) in [6.07, 6.45) is 4.01. The van der Waals surface area contributed by atoms with Gasteiger partial charge in [-0.15, -0.1) is 0 Å². The predicted octanol–water partition coefficient (Wildman–Crippen LogP) is 3.10. The molecule has 2 nitrogen and oxygen atoms in total. The second kappa shape index (κ2) is 5.25. The smallest absolute Gasteiger partial charge is 0.0871 e. The molecule has 0 amide bonds. The maximum absolute atomic E-state index is 9.94. The molecule has 1 aromatic rings. The number of benzene rings is 1. The zero-order valence-corrected chi connectivity index (χ0v) is 7.68. The average Bonchev–Trinajstić information content (AvgIpc) is 2.17. The van der Waals surface area contributed by atoms with Gasteiger partial charge in [-0.25, -0.2) is 0 Å². The molecular formula is C11H13NO. The Morgan fingerprint density at radius 1 is 1.38 bits per heavy atom. The third-order valence-corrected chi connectivity index (χ3v) is 1.78. The molecule has 0 saturated carbocycles. The molecule has 2 heteroatoms. The van der Waals surface area contributed by atoms with Crippen molar-refractivity contribution >= 4 is 6.08 Å². The Labute approximate surface area is 78.3 Å². The highest BCUT2D eigenvalue weighted by Gasteiger charge is 1.94. The van der Waals surface area contributed by atoms with E-state index in [1.165, 1.54) is 0 Å². The Balaban J connectivity index is 2.53. The second-order valence-corrected chi connectivity index (χ2v) is 3.06. The van der Waals surface area contributed by atoms with Crippen molar-refractivity contribution in [3.63, 3.8) is 0 Å². The quantitative estimate of drug-likeness (QED) is 0.646. The van der Waals surface area contributed by atoms with Gasteiger partial charge in [0, 0.05) is 0 Å². The van der Waals surface area contributed by atoms with Crippen molar-refractivity contribution in [2.75, 3.05) is 6.54 Å². The first-order chi connectivity index (χ1) is 6.33. The van der Waals surface area contributed by atoms with Crippen LogP contribution in [0.3, 0.4) is 0 Å². The molecule has 0 aromatic heterocycles. The molecule has 1 rings (SSSR count). The van der Waals surface area contributed by atoms with Crippen LogP contribution in [0.25, 0.3) is 6.08 Å². The van der Waals surface area contributed by atoms with Crippen LogP contribution in [0.5, 0.6) is 0 Å². The Morgan fingerprint density at radius 2 is 2.08 bits per heavy atom. The summed E-state index contributed by atoms with van der Waals surface area (Å²) in [5.74, 6) is 0.220. The molecule has 0 N–H and O–H groups in total. The van der Waals surface area contributed by atoms with Crippen molar-refractivity contribution in [3.8, 4) is 0 Å². The Kier molecular flexibility index (Phi) is 3.89. The maximum atomic E-state index is 9.94. The van der Waals surface area contributed by atoms with Crippen LogP contribution in [0.15, 0.2) is 41.6 Å². The summed E-state index contributed by atoms with van der Waals surface area (Å²) in [4.78, 5) is 9.94. The lowest BCUT2D eigenvalue weighted by molar-refractivity contribution is 0.741. The number of rotatable bonds is 4. The van der Waals surface area contributed by atoms with Crippen molar-refractivity contribution in [2.24, 2.45) is 11.1 Å². The summed E-state index contributed by atoms with van der Waals surface area (Å²) in [7, 11) is 0. The van der Waals surface area contributed by atoms with Crippen LogP contribution in [-0.4, -0.2) is 6.54 Å². The molecule has 0 aliphatic carbocycles. The van der Waals surface area contributed by atoms with Crippen LogP contribution in [0.1, 0.15) is 12.5 Å². The molecule has 0 saturated heterocycles. The van der Waals surface area contributed by atoms with E-state index in [2.05, 4.69) is 5.18 Å². The van der Waals surface area contributed by atoms with E-state index < -0.39 is 0 Å². The molecule has 0 radical (unpaired) electrons. The highest BCUT2D eigenvalue weighted by Crippen LogP contribution is 2.05. The normalized spacial score (nSPS) is 13.0. The fraction of sp³-hybridized carbons (Fsp3) is 0.273. The lowest BCUT2D eigenvalue weighted by Crippen LogP contribution is -1.92. The lowest BCUT2D eigenvalue weighted by Gasteiger charge is -1.97. The van der Waals surface area contributed by atoms with Gasteiger partial charge in [0.1, 0.15) is 0 Å². The standard InChI is InChI=1S/C11H13NO/c1-10(9-12-13)7-8-11-5-3-2-4-6-11/h2-8,10H,9H2,1H3. The molecule has 68 valence electrons. The first-order valence-electron chi connectivity index (χ1n) is 4.35. The Morgan fingerprint density at radius 3 is 2.69 bits per heavy atom. The number of nitrogens with zero attached hydrogens (tertiary/aromatic N) is 1. The predicted molar refractivity (Wildman–Crippen MR) is 55.3 cm³/mol. The molecular weight excluding hydrogens is 162 g/mol. The zero-order chi connectivity index (χ0) is 9.52. The molecule has 0 aliphatic heterocycles.